The SMILES string of the molecule is NC1CCC(CNC(=O)C2COCCO2)CC1. The summed E-state index contributed by atoms with van der Waals surface area (Å²) in [7, 11) is 0. The number of rotatable bonds is 3. The van der Waals surface area contributed by atoms with Crippen LogP contribution in [0.3, 0.4) is 0 Å². The van der Waals surface area contributed by atoms with Crippen LogP contribution in [0.4, 0.5) is 0 Å². The third kappa shape index (κ3) is 3.94. The second kappa shape index (κ2) is 6.33. The summed E-state index contributed by atoms with van der Waals surface area (Å²) >= 11 is 0. The zero-order chi connectivity index (χ0) is 12.1. The van der Waals surface area contributed by atoms with Crippen LogP contribution in [-0.2, 0) is 14.3 Å². The van der Waals surface area contributed by atoms with E-state index in [1.165, 1.54) is 0 Å². The lowest BCUT2D eigenvalue weighted by Crippen LogP contribution is -2.44. The van der Waals surface area contributed by atoms with Crippen LogP contribution in [0.5, 0.6) is 0 Å². The first-order valence-electron chi connectivity index (χ1n) is 6.48. The van der Waals surface area contributed by atoms with Crippen molar-refractivity contribution in [1.82, 2.24) is 5.32 Å². The Balaban J connectivity index is 1.65. The highest BCUT2D eigenvalue weighted by Crippen LogP contribution is 2.22. The van der Waals surface area contributed by atoms with Crippen molar-refractivity contribution < 1.29 is 14.3 Å². The number of carbonyl (C=O) groups is 1. The molecular formula is C12H22N2O3. The maximum Gasteiger partial charge on any atom is 0.251 e. The van der Waals surface area contributed by atoms with Gasteiger partial charge in [-0.3, -0.25) is 4.79 Å². The summed E-state index contributed by atoms with van der Waals surface area (Å²) in [5.41, 5.74) is 5.85. The summed E-state index contributed by atoms with van der Waals surface area (Å²) in [5.74, 6) is 0.530. The van der Waals surface area contributed by atoms with Crippen LogP contribution in [-0.4, -0.2) is 44.4 Å². The van der Waals surface area contributed by atoms with E-state index in [1.807, 2.05) is 0 Å². The Morgan fingerprint density at radius 2 is 2.00 bits per heavy atom. The third-order valence-electron chi connectivity index (χ3n) is 3.56. The molecular weight excluding hydrogens is 220 g/mol. The highest BCUT2D eigenvalue weighted by molar-refractivity contribution is 5.80. The molecule has 1 saturated carbocycles. The number of hydrogen-bond acceptors (Lipinski definition) is 4. The highest BCUT2D eigenvalue weighted by Gasteiger charge is 2.24. The van der Waals surface area contributed by atoms with Crippen molar-refractivity contribution in [2.75, 3.05) is 26.4 Å². The molecule has 1 amide bonds. The van der Waals surface area contributed by atoms with Gasteiger partial charge in [-0.05, 0) is 31.6 Å². The van der Waals surface area contributed by atoms with Gasteiger partial charge in [0.1, 0.15) is 0 Å². The van der Waals surface area contributed by atoms with Crippen LogP contribution in [0.15, 0.2) is 0 Å². The highest BCUT2D eigenvalue weighted by atomic mass is 16.6. The second-order valence-electron chi connectivity index (χ2n) is 4.96. The van der Waals surface area contributed by atoms with Gasteiger partial charge in [0, 0.05) is 12.6 Å². The lowest BCUT2D eigenvalue weighted by Gasteiger charge is -2.27. The molecule has 0 aromatic heterocycles. The van der Waals surface area contributed by atoms with E-state index >= 15 is 0 Å². The summed E-state index contributed by atoms with van der Waals surface area (Å²) in [6.45, 7) is 2.22. The average Bonchev–Trinajstić information content (AvgIpc) is 2.39. The molecule has 1 aliphatic carbocycles. The molecule has 3 N–H and O–H groups in total. The number of ether oxygens (including phenoxy) is 2. The number of nitrogens with one attached hydrogen (secondary N) is 1. The first-order chi connectivity index (χ1) is 8.25. The fourth-order valence-corrected chi connectivity index (χ4v) is 2.39. The van der Waals surface area contributed by atoms with Gasteiger partial charge in [0.25, 0.3) is 5.91 Å². The Morgan fingerprint density at radius 3 is 2.65 bits per heavy atom. The van der Waals surface area contributed by atoms with Crippen molar-refractivity contribution in [2.45, 2.75) is 37.8 Å². The fourth-order valence-electron chi connectivity index (χ4n) is 2.39. The number of carbonyl (C=O) groups excluding carboxylic acids is 1. The van der Waals surface area contributed by atoms with Crippen LogP contribution in [0.2, 0.25) is 0 Å². The molecule has 1 aliphatic heterocycles. The Kier molecular flexibility index (Phi) is 4.76. The molecule has 0 aromatic carbocycles. The zero-order valence-electron chi connectivity index (χ0n) is 10.2. The lowest BCUT2D eigenvalue weighted by atomic mass is 9.86. The van der Waals surface area contributed by atoms with Crippen molar-refractivity contribution in [2.24, 2.45) is 11.7 Å². The van der Waals surface area contributed by atoms with Crippen LogP contribution < -0.4 is 11.1 Å². The quantitative estimate of drug-likeness (QED) is 0.732. The van der Waals surface area contributed by atoms with E-state index in [0.29, 0.717) is 31.8 Å². The average molecular weight is 242 g/mol. The summed E-state index contributed by atoms with van der Waals surface area (Å²) in [6, 6.07) is 0.358. The Hall–Kier alpha value is -0.650. The van der Waals surface area contributed by atoms with Crippen molar-refractivity contribution in [3.05, 3.63) is 0 Å². The summed E-state index contributed by atoms with van der Waals surface area (Å²) in [6.07, 6.45) is 3.95. The van der Waals surface area contributed by atoms with Gasteiger partial charge in [-0.25, -0.2) is 0 Å². The largest absolute Gasteiger partial charge is 0.376 e. The van der Waals surface area contributed by atoms with Gasteiger partial charge in [0.2, 0.25) is 0 Å². The number of nitrogens with two attached hydrogens (primary N) is 1. The molecule has 1 saturated heterocycles. The van der Waals surface area contributed by atoms with Gasteiger partial charge in [0.15, 0.2) is 6.10 Å². The van der Waals surface area contributed by atoms with E-state index in [-0.39, 0.29) is 5.91 Å². The molecule has 0 aromatic rings. The minimum atomic E-state index is -0.422. The molecule has 2 fully saturated rings. The molecule has 2 aliphatic rings. The van der Waals surface area contributed by atoms with E-state index < -0.39 is 6.10 Å². The summed E-state index contributed by atoms with van der Waals surface area (Å²) in [5, 5.41) is 2.95. The van der Waals surface area contributed by atoms with Gasteiger partial charge < -0.3 is 20.5 Å². The molecule has 1 atom stereocenters. The Morgan fingerprint density at radius 1 is 1.24 bits per heavy atom. The first-order valence-corrected chi connectivity index (χ1v) is 6.48. The summed E-state index contributed by atoms with van der Waals surface area (Å²) < 4.78 is 10.5. The van der Waals surface area contributed by atoms with Crippen LogP contribution in [0.1, 0.15) is 25.7 Å². The van der Waals surface area contributed by atoms with Gasteiger partial charge >= 0.3 is 0 Å². The van der Waals surface area contributed by atoms with E-state index in [1.54, 1.807) is 0 Å². The number of amides is 1. The van der Waals surface area contributed by atoms with Crippen LogP contribution in [0.25, 0.3) is 0 Å². The monoisotopic (exact) mass is 242 g/mol. The topological polar surface area (TPSA) is 73.6 Å². The predicted molar refractivity (Wildman–Crippen MR) is 63.5 cm³/mol. The molecule has 5 heteroatoms. The Labute approximate surface area is 102 Å². The molecule has 0 radical (unpaired) electrons. The minimum absolute atomic E-state index is 0.0421. The molecule has 0 spiro atoms. The Bertz CT molecular complexity index is 246. The normalized spacial score (nSPS) is 34.3. The summed E-state index contributed by atoms with van der Waals surface area (Å²) in [4.78, 5) is 11.8. The minimum Gasteiger partial charge on any atom is -0.376 e. The van der Waals surface area contributed by atoms with E-state index in [4.69, 9.17) is 15.2 Å². The van der Waals surface area contributed by atoms with Gasteiger partial charge in [-0.15, -0.1) is 0 Å². The standard InChI is InChI=1S/C12H22N2O3/c13-10-3-1-9(2-4-10)7-14-12(15)11-8-16-5-6-17-11/h9-11H,1-8,13H2,(H,14,15). The molecule has 1 unspecified atom stereocenters. The van der Waals surface area contributed by atoms with E-state index in [9.17, 15) is 4.79 Å². The van der Waals surface area contributed by atoms with Crippen molar-refractivity contribution in [3.63, 3.8) is 0 Å². The number of hydrogen-bond donors (Lipinski definition) is 2. The van der Waals surface area contributed by atoms with Crippen molar-refractivity contribution in [1.29, 1.82) is 0 Å². The molecule has 98 valence electrons. The van der Waals surface area contributed by atoms with Crippen molar-refractivity contribution >= 4 is 5.91 Å². The maximum absolute atomic E-state index is 11.8. The van der Waals surface area contributed by atoms with Gasteiger partial charge in [-0.2, -0.15) is 0 Å². The second-order valence-corrected chi connectivity index (χ2v) is 4.96. The smallest absolute Gasteiger partial charge is 0.251 e. The van der Waals surface area contributed by atoms with Gasteiger partial charge in [-0.1, -0.05) is 0 Å². The van der Waals surface area contributed by atoms with Gasteiger partial charge in [0.05, 0.1) is 19.8 Å². The third-order valence-corrected chi connectivity index (χ3v) is 3.56. The molecule has 5 nitrogen and oxygen atoms in total. The van der Waals surface area contributed by atoms with Crippen LogP contribution >= 0.6 is 0 Å². The zero-order valence-corrected chi connectivity index (χ0v) is 10.2. The van der Waals surface area contributed by atoms with E-state index in [2.05, 4.69) is 5.32 Å². The maximum atomic E-state index is 11.8. The van der Waals surface area contributed by atoms with E-state index in [0.717, 1.165) is 32.2 Å². The predicted octanol–water partition coefficient (Wildman–Crippen LogP) is 0.0355. The molecule has 2 rings (SSSR count). The first kappa shape index (κ1) is 12.8. The lowest BCUT2D eigenvalue weighted by molar-refractivity contribution is -0.147. The molecule has 1 heterocycles. The van der Waals surface area contributed by atoms with Crippen LogP contribution in [0, 0.1) is 5.92 Å². The fraction of sp³-hybridized carbons (Fsp3) is 0.917. The molecule has 0 bridgehead atoms. The molecule has 17 heavy (non-hydrogen) atoms. The van der Waals surface area contributed by atoms with Crippen molar-refractivity contribution in [3.8, 4) is 0 Å².